The highest BCUT2D eigenvalue weighted by Crippen LogP contribution is 2.24. The van der Waals surface area contributed by atoms with Gasteiger partial charge in [0.05, 0.1) is 11.7 Å². The van der Waals surface area contributed by atoms with E-state index in [1.54, 1.807) is 35.4 Å². The van der Waals surface area contributed by atoms with E-state index in [1.807, 2.05) is 24.4 Å². The fraction of sp³-hybridized carbons (Fsp3) is 0.214. The number of nitrogens with one attached hydrogen (secondary N) is 1. The third kappa shape index (κ3) is 3.12. The summed E-state index contributed by atoms with van der Waals surface area (Å²) < 4.78 is 13.5. The highest BCUT2D eigenvalue weighted by Gasteiger charge is 2.18. The first-order valence-corrected chi connectivity index (χ1v) is 6.79. The van der Waals surface area contributed by atoms with Crippen molar-refractivity contribution in [3.8, 4) is 0 Å². The van der Waals surface area contributed by atoms with Crippen LogP contribution < -0.4 is 5.32 Å². The number of benzene rings is 1. The molecule has 0 spiro atoms. The number of carbonyl (C=O) groups excluding carboxylic acids is 1. The van der Waals surface area contributed by atoms with Gasteiger partial charge in [0.25, 0.3) is 0 Å². The third-order valence-corrected chi connectivity index (χ3v) is 4.01. The first-order chi connectivity index (χ1) is 9.09. The quantitative estimate of drug-likeness (QED) is 0.900. The molecule has 0 aliphatic heterocycles. The Labute approximate surface area is 115 Å². The summed E-state index contributed by atoms with van der Waals surface area (Å²) in [4.78, 5) is 14.7. The molecule has 1 N–H and O–H groups in total. The van der Waals surface area contributed by atoms with Gasteiger partial charge >= 0.3 is 6.03 Å². The summed E-state index contributed by atoms with van der Waals surface area (Å²) in [6, 6.07) is 9.67. The number of amides is 2. The SMILES string of the molecule is C[C@H](c1cccs1)N(C)C(=O)Nc1ccccc1F. The molecule has 2 aromatic rings. The molecule has 1 aromatic carbocycles. The molecule has 0 aliphatic carbocycles. The first kappa shape index (κ1) is 13.5. The molecule has 0 saturated heterocycles. The minimum absolute atomic E-state index is 0.0493. The van der Waals surface area contributed by atoms with Crippen molar-refractivity contribution < 1.29 is 9.18 Å². The maximum atomic E-state index is 13.5. The molecule has 0 radical (unpaired) electrons. The molecular weight excluding hydrogens is 263 g/mol. The van der Waals surface area contributed by atoms with Crippen molar-refractivity contribution in [2.45, 2.75) is 13.0 Å². The summed E-state index contributed by atoms with van der Waals surface area (Å²) in [6.07, 6.45) is 0. The van der Waals surface area contributed by atoms with E-state index in [9.17, 15) is 9.18 Å². The molecule has 5 heteroatoms. The maximum Gasteiger partial charge on any atom is 0.322 e. The molecule has 19 heavy (non-hydrogen) atoms. The molecule has 1 atom stereocenters. The number of hydrogen-bond donors (Lipinski definition) is 1. The summed E-state index contributed by atoms with van der Waals surface area (Å²) in [5.41, 5.74) is 0.192. The fourth-order valence-corrected chi connectivity index (χ4v) is 2.49. The van der Waals surface area contributed by atoms with E-state index in [4.69, 9.17) is 0 Å². The van der Waals surface area contributed by atoms with Crippen LogP contribution in [0.5, 0.6) is 0 Å². The first-order valence-electron chi connectivity index (χ1n) is 5.91. The average molecular weight is 278 g/mol. The van der Waals surface area contributed by atoms with Gasteiger partial charge in [-0.3, -0.25) is 0 Å². The smallest absolute Gasteiger partial charge is 0.320 e. The number of para-hydroxylation sites is 1. The zero-order chi connectivity index (χ0) is 13.8. The van der Waals surface area contributed by atoms with Crippen LogP contribution >= 0.6 is 11.3 Å². The second-order valence-corrected chi connectivity index (χ2v) is 5.19. The molecule has 1 heterocycles. The third-order valence-electron chi connectivity index (χ3n) is 2.97. The zero-order valence-corrected chi connectivity index (χ0v) is 11.6. The lowest BCUT2D eigenvalue weighted by Crippen LogP contribution is -2.33. The largest absolute Gasteiger partial charge is 0.322 e. The number of nitrogens with zero attached hydrogens (tertiary/aromatic N) is 1. The summed E-state index contributed by atoms with van der Waals surface area (Å²) >= 11 is 1.59. The molecule has 0 unspecified atom stereocenters. The number of halogens is 1. The minimum atomic E-state index is -0.437. The summed E-state index contributed by atoms with van der Waals surface area (Å²) in [7, 11) is 1.70. The van der Waals surface area contributed by atoms with Crippen molar-refractivity contribution in [3.63, 3.8) is 0 Å². The Morgan fingerprint density at radius 1 is 1.32 bits per heavy atom. The van der Waals surface area contributed by atoms with Crippen molar-refractivity contribution >= 4 is 23.1 Å². The van der Waals surface area contributed by atoms with Crippen LogP contribution in [0.25, 0.3) is 0 Å². The van der Waals surface area contributed by atoms with E-state index in [2.05, 4.69) is 5.32 Å². The zero-order valence-electron chi connectivity index (χ0n) is 10.8. The van der Waals surface area contributed by atoms with Crippen molar-refractivity contribution in [1.82, 2.24) is 4.90 Å². The number of urea groups is 1. The van der Waals surface area contributed by atoms with Gasteiger partial charge in [-0.05, 0) is 30.5 Å². The Hall–Kier alpha value is -1.88. The average Bonchev–Trinajstić information content (AvgIpc) is 2.93. The van der Waals surface area contributed by atoms with Crippen molar-refractivity contribution in [3.05, 3.63) is 52.5 Å². The van der Waals surface area contributed by atoms with Crippen molar-refractivity contribution in [2.24, 2.45) is 0 Å². The topological polar surface area (TPSA) is 32.3 Å². The van der Waals surface area contributed by atoms with Crippen LogP contribution in [-0.4, -0.2) is 18.0 Å². The monoisotopic (exact) mass is 278 g/mol. The van der Waals surface area contributed by atoms with E-state index in [0.717, 1.165) is 4.88 Å². The molecule has 100 valence electrons. The molecule has 0 fully saturated rings. The Morgan fingerprint density at radius 3 is 2.68 bits per heavy atom. The Balaban J connectivity index is 2.06. The van der Waals surface area contributed by atoms with Crippen LogP contribution in [0.3, 0.4) is 0 Å². The Kier molecular flexibility index (Phi) is 4.16. The molecule has 1 aromatic heterocycles. The van der Waals surface area contributed by atoms with Crippen molar-refractivity contribution in [1.29, 1.82) is 0 Å². The maximum absolute atomic E-state index is 13.5. The molecule has 0 bridgehead atoms. The van der Waals surface area contributed by atoms with E-state index >= 15 is 0 Å². The van der Waals surface area contributed by atoms with Gasteiger partial charge in [0.15, 0.2) is 0 Å². The molecule has 0 aliphatic rings. The molecule has 0 saturated carbocycles. The summed E-state index contributed by atoms with van der Waals surface area (Å²) in [5.74, 6) is -0.437. The van der Waals surface area contributed by atoms with Gasteiger partial charge in [0.1, 0.15) is 5.82 Å². The van der Waals surface area contributed by atoms with Gasteiger partial charge in [-0.25, -0.2) is 9.18 Å². The van der Waals surface area contributed by atoms with E-state index in [0.29, 0.717) is 0 Å². The molecule has 3 nitrogen and oxygen atoms in total. The predicted octanol–water partition coefficient (Wildman–Crippen LogP) is 4.11. The normalized spacial score (nSPS) is 11.9. The lowest BCUT2D eigenvalue weighted by molar-refractivity contribution is 0.209. The standard InChI is InChI=1S/C14H15FN2OS/c1-10(13-8-5-9-19-13)17(2)14(18)16-12-7-4-3-6-11(12)15/h3-10H,1-2H3,(H,16,18)/t10-/m1/s1. The van der Waals surface area contributed by atoms with Crippen LogP contribution in [0.4, 0.5) is 14.9 Å². The van der Waals surface area contributed by atoms with Crippen LogP contribution in [0.15, 0.2) is 41.8 Å². The van der Waals surface area contributed by atoms with Gasteiger partial charge in [-0.15, -0.1) is 11.3 Å². The number of hydrogen-bond acceptors (Lipinski definition) is 2. The fourth-order valence-electron chi connectivity index (χ4n) is 1.66. The molecular formula is C14H15FN2OS. The van der Waals surface area contributed by atoms with Crippen LogP contribution in [0.2, 0.25) is 0 Å². The Morgan fingerprint density at radius 2 is 2.05 bits per heavy atom. The van der Waals surface area contributed by atoms with Gasteiger partial charge in [-0.2, -0.15) is 0 Å². The van der Waals surface area contributed by atoms with Gasteiger partial charge < -0.3 is 10.2 Å². The van der Waals surface area contributed by atoms with Gasteiger partial charge in [0.2, 0.25) is 0 Å². The number of carbonyl (C=O) groups is 1. The van der Waals surface area contributed by atoms with Crippen LogP contribution in [0, 0.1) is 5.82 Å². The number of anilines is 1. The summed E-state index contributed by atoms with van der Waals surface area (Å²) in [5, 5.41) is 4.54. The molecule has 2 amide bonds. The van der Waals surface area contributed by atoms with Gasteiger partial charge in [-0.1, -0.05) is 18.2 Å². The number of rotatable bonds is 3. The van der Waals surface area contributed by atoms with E-state index < -0.39 is 5.82 Å². The minimum Gasteiger partial charge on any atom is -0.320 e. The Bertz CT molecular complexity index is 556. The van der Waals surface area contributed by atoms with Crippen molar-refractivity contribution in [2.75, 3.05) is 12.4 Å². The number of thiophene rings is 1. The van der Waals surface area contributed by atoms with Gasteiger partial charge in [0, 0.05) is 11.9 Å². The van der Waals surface area contributed by atoms with Crippen LogP contribution in [-0.2, 0) is 0 Å². The second kappa shape index (κ2) is 5.84. The predicted molar refractivity (Wildman–Crippen MR) is 75.9 cm³/mol. The van der Waals surface area contributed by atoms with E-state index in [1.165, 1.54) is 12.1 Å². The lowest BCUT2D eigenvalue weighted by atomic mass is 10.2. The van der Waals surface area contributed by atoms with E-state index in [-0.39, 0.29) is 17.8 Å². The van der Waals surface area contributed by atoms with Crippen LogP contribution in [0.1, 0.15) is 17.8 Å². The highest BCUT2D eigenvalue weighted by molar-refractivity contribution is 7.10. The lowest BCUT2D eigenvalue weighted by Gasteiger charge is -2.24. The summed E-state index contributed by atoms with van der Waals surface area (Å²) in [6.45, 7) is 1.94. The second-order valence-electron chi connectivity index (χ2n) is 4.21. The highest BCUT2D eigenvalue weighted by atomic mass is 32.1. The molecule has 2 rings (SSSR count).